The summed E-state index contributed by atoms with van der Waals surface area (Å²) in [4.78, 5) is 0. The molecule has 0 saturated carbocycles. The van der Waals surface area contributed by atoms with Gasteiger partial charge in [-0.15, -0.1) is 0 Å². The van der Waals surface area contributed by atoms with Crippen LogP contribution in [0.5, 0.6) is 0 Å². The fourth-order valence-electron chi connectivity index (χ4n) is 0.856. The van der Waals surface area contributed by atoms with E-state index in [1.54, 1.807) is 0 Å². The SMILES string of the molecule is CC(C)(C)n1cc(C(F)F)c(Br)n1. The summed E-state index contributed by atoms with van der Waals surface area (Å²) in [7, 11) is 0. The molecule has 1 heterocycles. The second kappa shape index (κ2) is 3.36. The minimum absolute atomic E-state index is 0.0603. The third-order valence-corrected chi connectivity index (χ3v) is 2.23. The third-order valence-electron chi connectivity index (χ3n) is 1.62. The lowest BCUT2D eigenvalue weighted by Gasteiger charge is -2.18. The van der Waals surface area contributed by atoms with Gasteiger partial charge in [0, 0.05) is 6.20 Å². The highest BCUT2D eigenvalue weighted by Crippen LogP contribution is 2.28. The molecule has 0 aliphatic heterocycles. The Labute approximate surface area is 84.1 Å². The quantitative estimate of drug-likeness (QED) is 0.750. The molecule has 1 rings (SSSR count). The second-order valence-corrected chi connectivity index (χ2v) is 4.54. The maximum atomic E-state index is 12.3. The Bertz CT molecular complexity index is 302. The normalized spacial score (nSPS) is 12.5. The molecule has 5 heteroatoms. The van der Waals surface area contributed by atoms with Gasteiger partial charge in [0.2, 0.25) is 0 Å². The summed E-state index contributed by atoms with van der Waals surface area (Å²) in [6.07, 6.45) is -1.11. The summed E-state index contributed by atoms with van der Waals surface area (Å²) in [5.41, 5.74) is -0.328. The predicted octanol–water partition coefficient (Wildman–Crippen LogP) is 3.34. The van der Waals surface area contributed by atoms with Crippen molar-refractivity contribution in [2.75, 3.05) is 0 Å². The maximum Gasteiger partial charge on any atom is 0.267 e. The van der Waals surface area contributed by atoms with E-state index in [-0.39, 0.29) is 15.7 Å². The Balaban J connectivity index is 3.10. The zero-order valence-electron chi connectivity index (χ0n) is 7.68. The molecule has 0 aromatic carbocycles. The first-order valence-corrected chi connectivity index (χ1v) is 4.65. The minimum atomic E-state index is -2.48. The van der Waals surface area contributed by atoms with Crippen LogP contribution in [0.1, 0.15) is 32.8 Å². The van der Waals surface area contributed by atoms with Crippen LogP contribution in [0.4, 0.5) is 8.78 Å². The topological polar surface area (TPSA) is 17.8 Å². The van der Waals surface area contributed by atoms with E-state index < -0.39 is 6.43 Å². The van der Waals surface area contributed by atoms with Gasteiger partial charge in [-0.25, -0.2) is 8.78 Å². The van der Waals surface area contributed by atoms with Crippen LogP contribution in [-0.4, -0.2) is 9.78 Å². The first-order chi connectivity index (χ1) is 5.82. The molecule has 0 bridgehead atoms. The average molecular weight is 253 g/mol. The number of halogens is 3. The molecular weight excluding hydrogens is 242 g/mol. The van der Waals surface area contributed by atoms with Gasteiger partial charge in [0.05, 0.1) is 11.1 Å². The summed E-state index contributed by atoms with van der Waals surface area (Å²) >= 11 is 3.00. The minimum Gasteiger partial charge on any atom is -0.266 e. The van der Waals surface area contributed by atoms with Gasteiger partial charge in [-0.3, -0.25) is 4.68 Å². The summed E-state index contributed by atoms with van der Waals surface area (Å²) in [6, 6.07) is 0. The molecule has 0 unspecified atom stereocenters. The lowest BCUT2D eigenvalue weighted by molar-refractivity contribution is 0.150. The maximum absolute atomic E-state index is 12.3. The van der Waals surface area contributed by atoms with Crippen LogP contribution < -0.4 is 0 Å². The number of rotatable bonds is 1. The molecule has 2 nitrogen and oxygen atoms in total. The van der Waals surface area contributed by atoms with Crippen LogP contribution in [0.2, 0.25) is 0 Å². The Kier molecular flexibility index (Phi) is 2.75. The van der Waals surface area contributed by atoms with E-state index in [2.05, 4.69) is 21.0 Å². The van der Waals surface area contributed by atoms with Gasteiger partial charge in [-0.2, -0.15) is 5.10 Å². The van der Waals surface area contributed by atoms with Crippen LogP contribution in [0.3, 0.4) is 0 Å². The first kappa shape index (κ1) is 10.6. The van der Waals surface area contributed by atoms with Crippen molar-refractivity contribution < 1.29 is 8.78 Å². The van der Waals surface area contributed by atoms with Crippen molar-refractivity contribution in [3.05, 3.63) is 16.4 Å². The Morgan fingerprint density at radius 3 is 2.23 bits per heavy atom. The van der Waals surface area contributed by atoms with Crippen molar-refractivity contribution in [3.63, 3.8) is 0 Å². The largest absolute Gasteiger partial charge is 0.267 e. The van der Waals surface area contributed by atoms with Gasteiger partial charge in [-0.1, -0.05) is 0 Å². The van der Waals surface area contributed by atoms with Crippen LogP contribution in [0.15, 0.2) is 10.8 Å². The Hall–Kier alpha value is -0.450. The number of aromatic nitrogens is 2. The van der Waals surface area contributed by atoms with Crippen LogP contribution in [0.25, 0.3) is 0 Å². The van der Waals surface area contributed by atoms with E-state index in [0.717, 1.165) is 0 Å². The van der Waals surface area contributed by atoms with Gasteiger partial charge < -0.3 is 0 Å². The summed E-state index contributed by atoms with van der Waals surface area (Å²) in [5.74, 6) is 0. The monoisotopic (exact) mass is 252 g/mol. The van der Waals surface area contributed by atoms with Crippen molar-refractivity contribution in [2.45, 2.75) is 32.7 Å². The van der Waals surface area contributed by atoms with E-state index in [1.165, 1.54) is 10.9 Å². The van der Waals surface area contributed by atoms with E-state index in [4.69, 9.17) is 0 Å². The highest BCUT2D eigenvalue weighted by atomic mass is 79.9. The van der Waals surface area contributed by atoms with E-state index >= 15 is 0 Å². The number of alkyl halides is 2. The smallest absolute Gasteiger partial charge is 0.266 e. The highest BCUT2D eigenvalue weighted by Gasteiger charge is 2.21. The molecular formula is C8H11BrF2N2. The van der Waals surface area contributed by atoms with Gasteiger partial charge in [0.25, 0.3) is 6.43 Å². The van der Waals surface area contributed by atoms with Crippen molar-refractivity contribution >= 4 is 15.9 Å². The fourth-order valence-corrected chi connectivity index (χ4v) is 1.30. The Morgan fingerprint density at radius 1 is 1.46 bits per heavy atom. The lowest BCUT2D eigenvalue weighted by Crippen LogP contribution is -2.22. The van der Waals surface area contributed by atoms with Gasteiger partial charge in [-0.05, 0) is 36.7 Å². The van der Waals surface area contributed by atoms with Gasteiger partial charge in [0.15, 0.2) is 0 Å². The molecule has 0 atom stereocenters. The van der Waals surface area contributed by atoms with Crippen molar-refractivity contribution in [1.82, 2.24) is 9.78 Å². The van der Waals surface area contributed by atoms with Crippen molar-refractivity contribution in [2.24, 2.45) is 0 Å². The summed E-state index contributed by atoms with van der Waals surface area (Å²) < 4.78 is 26.4. The van der Waals surface area contributed by atoms with E-state index in [9.17, 15) is 8.78 Å². The fraction of sp³-hybridized carbons (Fsp3) is 0.625. The molecule has 0 aliphatic rings. The first-order valence-electron chi connectivity index (χ1n) is 3.86. The molecule has 1 aromatic heterocycles. The predicted molar refractivity (Wildman–Crippen MR) is 49.9 cm³/mol. The lowest BCUT2D eigenvalue weighted by atomic mass is 10.1. The number of hydrogen-bond donors (Lipinski definition) is 0. The molecule has 0 fully saturated rings. The third kappa shape index (κ3) is 2.27. The molecule has 0 amide bonds. The molecule has 13 heavy (non-hydrogen) atoms. The van der Waals surface area contributed by atoms with Crippen molar-refractivity contribution in [3.8, 4) is 0 Å². The zero-order valence-corrected chi connectivity index (χ0v) is 9.27. The van der Waals surface area contributed by atoms with E-state index in [1.807, 2.05) is 20.8 Å². The molecule has 0 aliphatic carbocycles. The summed E-state index contributed by atoms with van der Waals surface area (Å²) in [5, 5.41) is 3.96. The van der Waals surface area contributed by atoms with Crippen LogP contribution >= 0.6 is 15.9 Å². The van der Waals surface area contributed by atoms with Gasteiger partial charge >= 0.3 is 0 Å². The van der Waals surface area contributed by atoms with Crippen LogP contribution in [0, 0.1) is 0 Å². The molecule has 0 radical (unpaired) electrons. The standard InChI is InChI=1S/C8H11BrF2N2/c1-8(2,3)13-4-5(7(10)11)6(9)12-13/h4,7H,1-3H3. The highest BCUT2D eigenvalue weighted by molar-refractivity contribution is 9.10. The molecule has 1 aromatic rings. The van der Waals surface area contributed by atoms with E-state index in [0.29, 0.717) is 0 Å². The molecule has 74 valence electrons. The number of nitrogens with zero attached hydrogens (tertiary/aromatic N) is 2. The molecule has 0 spiro atoms. The average Bonchev–Trinajstić information content (AvgIpc) is 2.29. The van der Waals surface area contributed by atoms with Crippen LogP contribution in [-0.2, 0) is 5.54 Å². The molecule has 0 saturated heterocycles. The second-order valence-electron chi connectivity index (χ2n) is 3.79. The van der Waals surface area contributed by atoms with Crippen molar-refractivity contribution in [1.29, 1.82) is 0 Å². The Morgan fingerprint density at radius 2 is 2.00 bits per heavy atom. The summed E-state index contributed by atoms with van der Waals surface area (Å²) in [6.45, 7) is 5.71. The van der Waals surface area contributed by atoms with Gasteiger partial charge in [0.1, 0.15) is 4.60 Å². The number of hydrogen-bond acceptors (Lipinski definition) is 1. The zero-order chi connectivity index (χ0) is 10.2. The molecule has 0 N–H and O–H groups in total.